The molecule has 1 saturated carbocycles. The van der Waals surface area contributed by atoms with E-state index in [4.69, 9.17) is 5.11 Å². The molecule has 1 fully saturated rings. The Morgan fingerprint density at radius 2 is 1.85 bits per heavy atom. The quantitative estimate of drug-likeness (QED) is 0.679. The molecular formula is C9H18N2O2. The van der Waals surface area contributed by atoms with Gasteiger partial charge in [-0.3, -0.25) is 0 Å². The van der Waals surface area contributed by atoms with Crippen LogP contribution in [-0.4, -0.2) is 42.3 Å². The molecule has 1 amide bonds. The molecule has 0 atom stereocenters. The molecule has 0 aliphatic heterocycles. The summed E-state index contributed by atoms with van der Waals surface area (Å²) < 4.78 is 0. The van der Waals surface area contributed by atoms with Gasteiger partial charge in [0.05, 0.1) is 0 Å². The molecule has 0 aromatic rings. The molecule has 0 radical (unpaired) electrons. The lowest BCUT2D eigenvalue weighted by Gasteiger charge is -2.32. The number of nitrogens with zero attached hydrogens (tertiary/aromatic N) is 1. The minimum Gasteiger partial charge on any atom is -0.465 e. The Balaban J connectivity index is 2.26. The molecule has 4 heteroatoms. The average Bonchev–Trinajstić information content (AvgIpc) is 2.04. The largest absolute Gasteiger partial charge is 0.465 e. The monoisotopic (exact) mass is 186 g/mol. The second-order valence-corrected chi connectivity index (χ2v) is 3.92. The van der Waals surface area contributed by atoms with Crippen molar-refractivity contribution in [1.29, 1.82) is 0 Å². The zero-order chi connectivity index (χ0) is 9.84. The highest BCUT2D eigenvalue weighted by molar-refractivity contribution is 5.64. The Morgan fingerprint density at radius 3 is 2.23 bits per heavy atom. The van der Waals surface area contributed by atoms with Crippen molar-refractivity contribution in [3.05, 3.63) is 0 Å². The second kappa shape index (κ2) is 4.46. The van der Waals surface area contributed by atoms with Gasteiger partial charge in [0, 0.05) is 12.1 Å². The Morgan fingerprint density at radius 1 is 1.31 bits per heavy atom. The maximum absolute atomic E-state index is 10.4. The van der Waals surface area contributed by atoms with Crippen molar-refractivity contribution in [1.82, 2.24) is 10.2 Å². The lowest BCUT2D eigenvalue weighted by Crippen LogP contribution is -2.41. The molecule has 1 aliphatic carbocycles. The summed E-state index contributed by atoms with van der Waals surface area (Å²) in [6.45, 7) is 0. The fourth-order valence-electron chi connectivity index (χ4n) is 1.91. The molecular weight excluding hydrogens is 168 g/mol. The van der Waals surface area contributed by atoms with Crippen molar-refractivity contribution in [2.45, 2.75) is 37.8 Å². The molecule has 4 nitrogen and oxygen atoms in total. The molecule has 0 unspecified atom stereocenters. The van der Waals surface area contributed by atoms with E-state index in [0.717, 1.165) is 25.7 Å². The minimum absolute atomic E-state index is 0.175. The van der Waals surface area contributed by atoms with Crippen LogP contribution >= 0.6 is 0 Å². The maximum Gasteiger partial charge on any atom is 0.404 e. The number of amides is 1. The summed E-state index contributed by atoms with van der Waals surface area (Å²) in [6, 6.07) is 0.806. The van der Waals surface area contributed by atoms with Crippen LogP contribution in [0, 0.1) is 0 Å². The van der Waals surface area contributed by atoms with E-state index in [1.807, 2.05) is 0 Å². The van der Waals surface area contributed by atoms with Crippen LogP contribution < -0.4 is 5.32 Å². The van der Waals surface area contributed by atoms with E-state index in [9.17, 15) is 4.79 Å². The van der Waals surface area contributed by atoms with Crippen molar-refractivity contribution in [3.8, 4) is 0 Å². The van der Waals surface area contributed by atoms with Gasteiger partial charge in [-0.15, -0.1) is 0 Å². The Hall–Kier alpha value is -0.770. The molecule has 76 valence electrons. The van der Waals surface area contributed by atoms with Gasteiger partial charge < -0.3 is 15.3 Å². The van der Waals surface area contributed by atoms with Gasteiger partial charge in [-0.2, -0.15) is 0 Å². The fourth-order valence-corrected chi connectivity index (χ4v) is 1.91. The van der Waals surface area contributed by atoms with Crippen molar-refractivity contribution < 1.29 is 9.90 Å². The van der Waals surface area contributed by atoms with E-state index in [1.165, 1.54) is 0 Å². The maximum atomic E-state index is 10.4. The number of rotatable bonds is 2. The molecule has 0 saturated heterocycles. The van der Waals surface area contributed by atoms with Crippen LogP contribution in [0.25, 0.3) is 0 Å². The van der Waals surface area contributed by atoms with Crippen LogP contribution in [-0.2, 0) is 0 Å². The van der Waals surface area contributed by atoms with Gasteiger partial charge in [0.2, 0.25) is 0 Å². The summed E-state index contributed by atoms with van der Waals surface area (Å²) in [5.74, 6) is 0. The summed E-state index contributed by atoms with van der Waals surface area (Å²) in [4.78, 5) is 12.6. The third-order valence-electron chi connectivity index (χ3n) is 2.75. The van der Waals surface area contributed by atoms with Crippen LogP contribution in [0.15, 0.2) is 0 Å². The summed E-state index contributed by atoms with van der Waals surface area (Å²) in [5.41, 5.74) is 0. The van der Waals surface area contributed by atoms with Crippen LogP contribution in [0.1, 0.15) is 25.7 Å². The Labute approximate surface area is 78.9 Å². The molecule has 0 aromatic heterocycles. The first-order chi connectivity index (χ1) is 6.09. The lowest BCUT2D eigenvalue weighted by atomic mass is 9.91. The average molecular weight is 186 g/mol. The second-order valence-electron chi connectivity index (χ2n) is 3.92. The van der Waals surface area contributed by atoms with Crippen molar-refractivity contribution in [2.75, 3.05) is 14.1 Å². The third kappa shape index (κ3) is 3.22. The highest BCUT2D eigenvalue weighted by atomic mass is 16.4. The van der Waals surface area contributed by atoms with Gasteiger partial charge in [-0.1, -0.05) is 0 Å². The summed E-state index contributed by atoms with van der Waals surface area (Å²) in [5, 5.41) is 11.1. The number of carbonyl (C=O) groups is 1. The van der Waals surface area contributed by atoms with Crippen LogP contribution in [0.2, 0.25) is 0 Å². The molecule has 0 bridgehead atoms. The van der Waals surface area contributed by atoms with E-state index in [-0.39, 0.29) is 6.04 Å². The van der Waals surface area contributed by atoms with Gasteiger partial charge in [-0.25, -0.2) is 4.79 Å². The van der Waals surface area contributed by atoms with Crippen molar-refractivity contribution >= 4 is 6.09 Å². The zero-order valence-electron chi connectivity index (χ0n) is 8.29. The van der Waals surface area contributed by atoms with E-state index < -0.39 is 6.09 Å². The molecule has 1 rings (SSSR count). The molecule has 0 heterocycles. The predicted octanol–water partition coefficient (Wildman–Crippen LogP) is 1.13. The topological polar surface area (TPSA) is 52.6 Å². The summed E-state index contributed by atoms with van der Waals surface area (Å²) >= 11 is 0. The van der Waals surface area contributed by atoms with Gasteiger partial charge >= 0.3 is 6.09 Å². The lowest BCUT2D eigenvalue weighted by molar-refractivity contribution is 0.172. The van der Waals surface area contributed by atoms with Crippen molar-refractivity contribution in [3.63, 3.8) is 0 Å². The first kappa shape index (κ1) is 10.3. The smallest absolute Gasteiger partial charge is 0.404 e. The van der Waals surface area contributed by atoms with Gasteiger partial charge in [0.15, 0.2) is 0 Å². The molecule has 0 aromatic carbocycles. The Kier molecular flexibility index (Phi) is 3.54. The van der Waals surface area contributed by atoms with E-state index >= 15 is 0 Å². The van der Waals surface area contributed by atoms with Crippen LogP contribution in [0.4, 0.5) is 4.79 Å². The van der Waals surface area contributed by atoms with Crippen LogP contribution in [0.3, 0.4) is 0 Å². The molecule has 1 aliphatic rings. The number of hydrogen-bond donors (Lipinski definition) is 2. The van der Waals surface area contributed by atoms with E-state index in [2.05, 4.69) is 24.3 Å². The number of nitrogens with one attached hydrogen (secondary N) is 1. The minimum atomic E-state index is -0.895. The number of carboxylic acid groups (broad SMARTS) is 1. The predicted molar refractivity (Wildman–Crippen MR) is 50.9 cm³/mol. The molecule has 2 N–H and O–H groups in total. The summed E-state index contributed by atoms with van der Waals surface area (Å²) in [7, 11) is 4.16. The SMILES string of the molecule is CN(C)[C@H]1CC[C@@H](NC(=O)O)CC1. The number of hydrogen-bond acceptors (Lipinski definition) is 2. The highest BCUT2D eigenvalue weighted by Gasteiger charge is 2.22. The first-order valence-corrected chi connectivity index (χ1v) is 4.75. The highest BCUT2D eigenvalue weighted by Crippen LogP contribution is 2.21. The Bertz CT molecular complexity index is 174. The normalized spacial score (nSPS) is 28.8. The van der Waals surface area contributed by atoms with Gasteiger partial charge in [0.1, 0.15) is 0 Å². The summed E-state index contributed by atoms with van der Waals surface area (Å²) in [6.07, 6.45) is 3.23. The first-order valence-electron chi connectivity index (χ1n) is 4.75. The van der Waals surface area contributed by atoms with Gasteiger partial charge in [0.25, 0.3) is 0 Å². The standard InChI is InChI=1S/C9H18N2O2/c1-11(2)8-5-3-7(4-6-8)10-9(12)13/h7-8,10H,3-6H2,1-2H3,(H,12,13)/t7-,8+. The van der Waals surface area contributed by atoms with Gasteiger partial charge in [-0.05, 0) is 39.8 Å². The van der Waals surface area contributed by atoms with E-state index in [1.54, 1.807) is 0 Å². The van der Waals surface area contributed by atoms with Crippen molar-refractivity contribution in [2.24, 2.45) is 0 Å². The molecule has 0 spiro atoms. The van der Waals surface area contributed by atoms with Crippen LogP contribution in [0.5, 0.6) is 0 Å². The fraction of sp³-hybridized carbons (Fsp3) is 0.889. The third-order valence-corrected chi connectivity index (χ3v) is 2.75. The van der Waals surface area contributed by atoms with E-state index in [0.29, 0.717) is 6.04 Å². The zero-order valence-corrected chi connectivity index (χ0v) is 8.29. The molecule has 13 heavy (non-hydrogen) atoms.